The van der Waals surface area contributed by atoms with E-state index in [1.165, 1.54) is 6.26 Å². The Hall–Kier alpha value is -2.16. The standard InChI is InChI=1S/C19H18O3/c20-18(12-6-2-1-3-7-12)16-13-8-4-9-14(13)17(16)19(21)15-10-5-11-22-15/h1-3,5-7,10-11,13-14,16-17H,4,8-9H2/t13-,14+,16+,17-/m0/s1. The van der Waals surface area contributed by atoms with Crippen LogP contribution in [0.15, 0.2) is 53.1 Å². The molecule has 2 fully saturated rings. The highest BCUT2D eigenvalue weighted by molar-refractivity contribution is 6.05. The highest BCUT2D eigenvalue weighted by atomic mass is 16.3. The van der Waals surface area contributed by atoms with Gasteiger partial charge in [0, 0.05) is 17.4 Å². The summed E-state index contributed by atoms with van der Waals surface area (Å²) in [6.45, 7) is 0. The second-order valence-electron chi connectivity index (χ2n) is 6.38. The molecule has 0 unspecified atom stereocenters. The molecule has 4 rings (SSSR count). The van der Waals surface area contributed by atoms with Gasteiger partial charge in [0.05, 0.1) is 6.26 Å². The first-order valence-electron chi connectivity index (χ1n) is 7.94. The maximum atomic E-state index is 12.9. The highest BCUT2D eigenvalue weighted by Gasteiger charge is 2.58. The van der Waals surface area contributed by atoms with Gasteiger partial charge in [-0.2, -0.15) is 0 Å². The van der Waals surface area contributed by atoms with Crippen molar-refractivity contribution < 1.29 is 14.0 Å². The Morgan fingerprint density at radius 2 is 1.55 bits per heavy atom. The first-order valence-corrected chi connectivity index (χ1v) is 7.94. The average Bonchev–Trinajstić information content (AvgIpc) is 3.19. The van der Waals surface area contributed by atoms with Crippen molar-refractivity contribution in [1.82, 2.24) is 0 Å². The second-order valence-corrected chi connectivity index (χ2v) is 6.38. The minimum absolute atomic E-state index is 0.00225. The first kappa shape index (κ1) is 13.5. The topological polar surface area (TPSA) is 47.3 Å². The molecule has 2 saturated carbocycles. The number of carbonyl (C=O) groups is 2. The molecule has 1 aromatic carbocycles. The molecule has 1 aromatic heterocycles. The number of furan rings is 1. The predicted molar refractivity (Wildman–Crippen MR) is 81.6 cm³/mol. The third-order valence-electron chi connectivity index (χ3n) is 5.36. The Morgan fingerprint density at radius 3 is 2.18 bits per heavy atom. The molecule has 0 bridgehead atoms. The quantitative estimate of drug-likeness (QED) is 0.800. The number of fused-ring (bicyclic) bond motifs is 1. The average molecular weight is 294 g/mol. The molecule has 22 heavy (non-hydrogen) atoms. The zero-order chi connectivity index (χ0) is 15.1. The van der Waals surface area contributed by atoms with Gasteiger partial charge in [-0.3, -0.25) is 9.59 Å². The van der Waals surface area contributed by atoms with Gasteiger partial charge in [0.25, 0.3) is 0 Å². The molecule has 2 aliphatic rings. The Morgan fingerprint density at radius 1 is 0.864 bits per heavy atom. The molecule has 3 nitrogen and oxygen atoms in total. The number of rotatable bonds is 4. The number of carbonyl (C=O) groups excluding carboxylic acids is 2. The lowest BCUT2D eigenvalue weighted by atomic mass is 9.54. The number of hydrogen-bond acceptors (Lipinski definition) is 3. The van der Waals surface area contributed by atoms with E-state index >= 15 is 0 Å². The normalized spacial score (nSPS) is 29.6. The lowest BCUT2D eigenvalue weighted by molar-refractivity contribution is 0.0115. The summed E-state index contributed by atoms with van der Waals surface area (Å²) in [6.07, 6.45) is 4.76. The zero-order valence-electron chi connectivity index (χ0n) is 12.3. The minimum Gasteiger partial charge on any atom is -0.461 e. The van der Waals surface area contributed by atoms with Gasteiger partial charge in [0.2, 0.25) is 5.78 Å². The predicted octanol–water partition coefficient (Wildman–Crippen LogP) is 4.01. The van der Waals surface area contributed by atoms with E-state index in [2.05, 4.69) is 0 Å². The van der Waals surface area contributed by atoms with E-state index < -0.39 is 0 Å². The molecule has 0 saturated heterocycles. The van der Waals surface area contributed by atoms with Crippen LogP contribution in [0.2, 0.25) is 0 Å². The molecule has 0 aliphatic heterocycles. The Kier molecular flexibility index (Phi) is 3.21. The summed E-state index contributed by atoms with van der Waals surface area (Å²) < 4.78 is 5.27. The molecule has 0 spiro atoms. The van der Waals surface area contributed by atoms with Gasteiger partial charge >= 0.3 is 0 Å². The van der Waals surface area contributed by atoms with Crippen molar-refractivity contribution in [1.29, 1.82) is 0 Å². The van der Waals surface area contributed by atoms with Crippen molar-refractivity contribution in [3.63, 3.8) is 0 Å². The maximum Gasteiger partial charge on any atom is 0.202 e. The van der Waals surface area contributed by atoms with Crippen LogP contribution in [0.25, 0.3) is 0 Å². The van der Waals surface area contributed by atoms with Crippen LogP contribution < -0.4 is 0 Å². The van der Waals surface area contributed by atoms with Crippen LogP contribution >= 0.6 is 0 Å². The Labute approximate surface area is 129 Å². The summed E-state index contributed by atoms with van der Waals surface area (Å²) in [5.74, 6) is 0.864. The fourth-order valence-electron chi connectivity index (χ4n) is 4.39. The molecule has 0 N–H and O–H groups in total. The highest BCUT2D eigenvalue weighted by Crippen LogP contribution is 2.57. The summed E-state index contributed by atoms with van der Waals surface area (Å²) in [5.41, 5.74) is 0.718. The van der Waals surface area contributed by atoms with Crippen molar-refractivity contribution in [2.45, 2.75) is 19.3 Å². The number of Topliss-reactive ketones (excluding diaryl/α,β-unsaturated/α-hetero) is 2. The lowest BCUT2D eigenvalue weighted by Crippen LogP contribution is -2.51. The molecule has 0 radical (unpaired) electrons. The molecular weight excluding hydrogens is 276 g/mol. The van der Waals surface area contributed by atoms with Crippen molar-refractivity contribution in [3.8, 4) is 0 Å². The van der Waals surface area contributed by atoms with Gasteiger partial charge in [-0.05, 0) is 36.8 Å². The van der Waals surface area contributed by atoms with Gasteiger partial charge in [-0.1, -0.05) is 36.8 Å². The SMILES string of the molecule is O=C(c1ccccc1)[C@@H]1[C@H]2CCC[C@H]2[C@@H]1C(=O)c1ccco1. The fourth-order valence-corrected chi connectivity index (χ4v) is 4.39. The molecular formula is C19H18O3. The lowest BCUT2D eigenvalue weighted by Gasteiger charge is -2.46. The van der Waals surface area contributed by atoms with Crippen LogP contribution in [0.1, 0.15) is 40.2 Å². The molecule has 1 heterocycles. The summed E-state index contributed by atoms with van der Waals surface area (Å²) in [4.78, 5) is 25.6. The largest absolute Gasteiger partial charge is 0.461 e. The number of ketones is 2. The summed E-state index contributed by atoms with van der Waals surface area (Å²) in [7, 11) is 0. The number of hydrogen-bond donors (Lipinski definition) is 0. The number of benzene rings is 1. The van der Waals surface area contributed by atoms with E-state index in [4.69, 9.17) is 4.42 Å². The summed E-state index contributed by atoms with van der Waals surface area (Å²) in [5, 5.41) is 0. The van der Waals surface area contributed by atoms with Gasteiger partial charge in [0.1, 0.15) is 0 Å². The smallest absolute Gasteiger partial charge is 0.202 e. The van der Waals surface area contributed by atoms with Crippen molar-refractivity contribution >= 4 is 11.6 Å². The van der Waals surface area contributed by atoms with E-state index in [1.807, 2.05) is 30.3 Å². The van der Waals surface area contributed by atoms with Crippen molar-refractivity contribution in [2.75, 3.05) is 0 Å². The molecule has 2 aromatic rings. The van der Waals surface area contributed by atoms with E-state index in [1.54, 1.807) is 12.1 Å². The van der Waals surface area contributed by atoms with E-state index in [-0.39, 0.29) is 23.4 Å². The Balaban J connectivity index is 1.65. The summed E-state index contributed by atoms with van der Waals surface area (Å²) in [6, 6.07) is 12.8. The molecule has 4 atom stereocenters. The molecule has 3 heteroatoms. The van der Waals surface area contributed by atoms with Crippen molar-refractivity contribution in [3.05, 3.63) is 60.1 Å². The Bertz CT molecular complexity index is 687. The molecule has 0 amide bonds. The fraction of sp³-hybridized carbons (Fsp3) is 0.368. The molecule has 112 valence electrons. The third-order valence-corrected chi connectivity index (χ3v) is 5.36. The van der Waals surface area contributed by atoms with Crippen LogP contribution in [-0.4, -0.2) is 11.6 Å². The minimum atomic E-state index is -0.202. The summed E-state index contributed by atoms with van der Waals surface area (Å²) >= 11 is 0. The van der Waals surface area contributed by atoms with E-state index in [0.717, 1.165) is 24.8 Å². The second kappa shape index (κ2) is 5.24. The maximum absolute atomic E-state index is 12.9. The van der Waals surface area contributed by atoms with Gasteiger partial charge in [-0.25, -0.2) is 0 Å². The van der Waals surface area contributed by atoms with Gasteiger partial charge in [0.15, 0.2) is 11.5 Å². The van der Waals surface area contributed by atoms with E-state index in [9.17, 15) is 9.59 Å². The monoisotopic (exact) mass is 294 g/mol. The van der Waals surface area contributed by atoms with Crippen LogP contribution in [0, 0.1) is 23.7 Å². The van der Waals surface area contributed by atoms with Crippen molar-refractivity contribution in [2.24, 2.45) is 23.7 Å². The van der Waals surface area contributed by atoms with Crippen LogP contribution in [0.3, 0.4) is 0 Å². The van der Waals surface area contributed by atoms with Gasteiger partial charge < -0.3 is 4.42 Å². The van der Waals surface area contributed by atoms with Gasteiger partial charge in [-0.15, -0.1) is 0 Å². The van der Waals surface area contributed by atoms with Crippen LogP contribution in [0.4, 0.5) is 0 Å². The third kappa shape index (κ3) is 1.96. The van der Waals surface area contributed by atoms with Crippen LogP contribution in [0.5, 0.6) is 0 Å². The first-order chi connectivity index (χ1) is 10.8. The van der Waals surface area contributed by atoms with Crippen LogP contribution in [-0.2, 0) is 0 Å². The zero-order valence-corrected chi connectivity index (χ0v) is 12.3. The molecule has 2 aliphatic carbocycles. The van der Waals surface area contributed by atoms with E-state index in [0.29, 0.717) is 17.6 Å².